The molecule has 8 heteroatoms. The maximum Gasteiger partial charge on any atom is 0.257 e. The molecule has 2 amide bonds. The van der Waals surface area contributed by atoms with Crippen molar-refractivity contribution < 1.29 is 9.59 Å². The van der Waals surface area contributed by atoms with E-state index in [1.54, 1.807) is 12.1 Å². The molecule has 2 heterocycles. The molecule has 1 aromatic heterocycles. The highest BCUT2D eigenvalue weighted by Crippen LogP contribution is 2.31. The van der Waals surface area contributed by atoms with E-state index in [-0.39, 0.29) is 23.7 Å². The molecule has 1 atom stereocenters. The van der Waals surface area contributed by atoms with Crippen LogP contribution in [-0.2, 0) is 15.3 Å². The summed E-state index contributed by atoms with van der Waals surface area (Å²) in [6.07, 6.45) is -0.105. The highest BCUT2D eigenvalue weighted by atomic mass is 32.2. The Bertz CT molecular complexity index is 1140. The van der Waals surface area contributed by atoms with Crippen LogP contribution in [0.25, 0.3) is 0 Å². The van der Waals surface area contributed by atoms with E-state index in [0.29, 0.717) is 16.6 Å². The molecule has 4 rings (SSSR count). The van der Waals surface area contributed by atoms with Crippen molar-refractivity contribution in [3.05, 3.63) is 81.6 Å². The van der Waals surface area contributed by atoms with Gasteiger partial charge in [0.2, 0.25) is 11.8 Å². The van der Waals surface area contributed by atoms with E-state index in [2.05, 4.69) is 20.6 Å². The SMILES string of the molecule is Cc1ccc(NC(=O)[C@@H]2CC(=O)Nc3nc(SCc4ccccc4)[nH]c(=O)c32)cc1. The number of hydrogen-bond donors (Lipinski definition) is 3. The van der Waals surface area contributed by atoms with Crippen molar-refractivity contribution in [2.45, 2.75) is 30.2 Å². The Balaban J connectivity index is 1.57. The topological polar surface area (TPSA) is 104 Å². The van der Waals surface area contributed by atoms with Crippen LogP contribution in [0.15, 0.2) is 64.5 Å². The third-order valence-electron chi connectivity index (χ3n) is 4.78. The van der Waals surface area contributed by atoms with Crippen LogP contribution in [-0.4, -0.2) is 21.8 Å². The standard InChI is InChI=1S/C22H20N4O3S/c1-13-7-9-15(10-8-13)23-20(28)16-11-17(27)24-19-18(16)21(29)26-22(25-19)30-12-14-5-3-2-4-6-14/h2-10,16H,11-12H2,1H3,(H,23,28)(H2,24,25,26,27,29)/t16-/m1/s1. The van der Waals surface area contributed by atoms with E-state index < -0.39 is 17.4 Å². The van der Waals surface area contributed by atoms with Gasteiger partial charge in [-0.25, -0.2) is 4.98 Å². The number of amides is 2. The van der Waals surface area contributed by atoms with Gasteiger partial charge in [0.25, 0.3) is 5.56 Å². The fourth-order valence-electron chi connectivity index (χ4n) is 3.24. The molecular weight excluding hydrogens is 400 g/mol. The number of fused-ring (bicyclic) bond motifs is 1. The zero-order chi connectivity index (χ0) is 21.1. The number of nitrogens with one attached hydrogen (secondary N) is 3. The number of rotatable bonds is 5. The Kier molecular flexibility index (Phi) is 5.67. The summed E-state index contributed by atoms with van der Waals surface area (Å²) in [7, 11) is 0. The zero-order valence-corrected chi connectivity index (χ0v) is 17.1. The minimum absolute atomic E-state index is 0.105. The van der Waals surface area contributed by atoms with Crippen LogP contribution in [0.4, 0.5) is 11.5 Å². The fraction of sp³-hybridized carbons (Fsp3) is 0.182. The van der Waals surface area contributed by atoms with E-state index in [4.69, 9.17) is 0 Å². The highest BCUT2D eigenvalue weighted by molar-refractivity contribution is 7.98. The molecule has 0 saturated heterocycles. The molecular formula is C22H20N4O3S. The first-order chi connectivity index (χ1) is 14.5. The zero-order valence-electron chi connectivity index (χ0n) is 16.3. The van der Waals surface area contributed by atoms with Crippen LogP contribution in [0.5, 0.6) is 0 Å². The Hall–Kier alpha value is -3.39. The molecule has 3 aromatic rings. The maximum absolute atomic E-state index is 12.8. The molecule has 0 spiro atoms. The molecule has 152 valence electrons. The number of anilines is 2. The van der Waals surface area contributed by atoms with E-state index in [1.807, 2.05) is 49.4 Å². The largest absolute Gasteiger partial charge is 0.326 e. The average molecular weight is 420 g/mol. The molecule has 0 aliphatic carbocycles. The van der Waals surface area contributed by atoms with Crippen molar-refractivity contribution in [1.82, 2.24) is 9.97 Å². The van der Waals surface area contributed by atoms with Gasteiger partial charge >= 0.3 is 0 Å². The molecule has 30 heavy (non-hydrogen) atoms. The van der Waals surface area contributed by atoms with E-state index in [0.717, 1.165) is 11.1 Å². The van der Waals surface area contributed by atoms with Crippen LogP contribution >= 0.6 is 11.8 Å². The average Bonchev–Trinajstić information content (AvgIpc) is 2.73. The second kappa shape index (κ2) is 8.54. The molecule has 0 saturated carbocycles. The summed E-state index contributed by atoms with van der Waals surface area (Å²) in [4.78, 5) is 44.9. The fourth-order valence-corrected chi connectivity index (χ4v) is 4.05. The van der Waals surface area contributed by atoms with Gasteiger partial charge < -0.3 is 15.6 Å². The first kappa shape index (κ1) is 19.9. The van der Waals surface area contributed by atoms with Crippen LogP contribution in [0, 0.1) is 6.92 Å². The van der Waals surface area contributed by atoms with Crippen molar-refractivity contribution in [1.29, 1.82) is 0 Å². The van der Waals surface area contributed by atoms with Gasteiger partial charge in [0.15, 0.2) is 5.16 Å². The third kappa shape index (κ3) is 4.44. The van der Waals surface area contributed by atoms with Crippen LogP contribution < -0.4 is 16.2 Å². The summed E-state index contributed by atoms with van der Waals surface area (Å²) in [5.41, 5.74) is 2.53. The summed E-state index contributed by atoms with van der Waals surface area (Å²) >= 11 is 1.36. The Labute approximate surface area is 177 Å². The summed E-state index contributed by atoms with van der Waals surface area (Å²) in [6.45, 7) is 1.95. The lowest BCUT2D eigenvalue weighted by Crippen LogP contribution is -2.36. The number of aromatic amines is 1. The molecule has 0 radical (unpaired) electrons. The minimum Gasteiger partial charge on any atom is -0.326 e. The molecule has 1 aliphatic heterocycles. The summed E-state index contributed by atoms with van der Waals surface area (Å²) in [5, 5.41) is 5.81. The van der Waals surface area contributed by atoms with Crippen LogP contribution in [0.2, 0.25) is 0 Å². The number of carbonyl (C=O) groups is 2. The number of H-pyrrole nitrogens is 1. The number of nitrogens with zero attached hydrogens (tertiary/aromatic N) is 1. The smallest absolute Gasteiger partial charge is 0.257 e. The lowest BCUT2D eigenvalue weighted by Gasteiger charge is -2.23. The van der Waals surface area contributed by atoms with Crippen molar-refractivity contribution in [2.75, 3.05) is 10.6 Å². The second-order valence-corrected chi connectivity index (χ2v) is 8.03. The maximum atomic E-state index is 12.8. The van der Waals surface area contributed by atoms with Crippen LogP contribution in [0.1, 0.15) is 29.0 Å². The van der Waals surface area contributed by atoms with E-state index >= 15 is 0 Å². The van der Waals surface area contributed by atoms with Gasteiger partial charge in [-0.15, -0.1) is 0 Å². The number of hydrogen-bond acceptors (Lipinski definition) is 5. The molecule has 2 aromatic carbocycles. The van der Waals surface area contributed by atoms with Gasteiger partial charge in [-0.2, -0.15) is 0 Å². The third-order valence-corrected chi connectivity index (χ3v) is 5.73. The van der Waals surface area contributed by atoms with Crippen molar-refractivity contribution >= 4 is 35.1 Å². The van der Waals surface area contributed by atoms with Gasteiger partial charge in [0.1, 0.15) is 5.82 Å². The number of aryl methyl sites for hydroxylation is 1. The highest BCUT2D eigenvalue weighted by Gasteiger charge is 2.34. The Morgan fingerprint density at radius 1 is 1.13 bits per heavy atom. The lowest BCUT2D eigenvalue weighted by molar-refractivity contribution is -0.123. The van der Waals surface area contributed by atoms with Gasteiger partial charge in [-0.1, -0.05) is 59.8 Å². The molecule has 0 fully saturated rings. The minimum atomic E-state index is -0.903. The Morgan fingerprint density at radius 3 is 2.60 bits per heavy atom. The van der Waals surface area contributed by atoms with E-state index in [9.17, 15) is 14.4 Å². The lowest BCUT2D eigenvalue weighted by atomic mass is 9.92. The van der Waals surface area contributed by atoms with Gasteiger partial charge in [0, 0.05) is 17.9 Å². The number of carbonyl (C=O) groups excluding carboxylic acids is 2. The normalized spacial score (nSPS) is 15.2. The van der Waals surface area contributed by atoms with Crippen molar-refractivity contribution in [3.8, 4) is 0 Å². The predicted octanol–water partition coefficient (Wildman–Crippen LogP) is 3.44. The monoisotopic (exact) mass is 420 g/mol. The first-order valence-electron chi connectivity index (χ1n) is 9.48. The summed E-state index contributed by atoms with van der Waals surface area (Å²) in [5.74, 6) is -0.891. The summed E-state index contributed by atoms with van der Waals surface area (Å²) in [6, 6.07) is 17.1. The second-order valence-electron chi connectivity index (χ2n) is 7.07. The van der Waals surface area contributed by atoms with Gasteiger partial charge in [0.05, 0.1) is 11.5 Å². The van der Waals surface area contributed by atoms with Crippen LogP contribution in [0.3, 0.4) is 0 Å². The molecule has 3 N–H and O–H groups in total. The van der Waals surface area contributed by atoms with Gasteiger partial charge in [-0.3, -0.25) is 14.4 Å². The summed E-state index contributed by atoms with van der Waals surface area (Å²) < 4.78 is 0. The molecule has 1 aliphatic rings. The number of aromatic nitrogens is 2. The molecule has 0 bridgehead atoms. The molecule has 7 nitrogen and oxygen atoms in total. The first-order valence-corrected chi connectivity index (χ1v) is 10.5. The Morgan fingerprint density at radius 2 is 1.87 bits per heavy atom. The van der Waals surface area contributed by atoms with Gasteiger partial charge in [-0.05, 0) is 24.6 Å². The van der Waals surface area contributed by atoms with Crippen molar-refractivity contribution in [2.24, 2.45) is 0 Å². The molecule has 0 unspecified atom stereocenters. The van der Waals surface area contributed by atoms with E-state index in [1.165, 1.54) is 11.8 Å². The number of thioether (sulfide) groups is 1. The van der Waals surface area contributed by atoms with Crippen molar-refractivity contribution in [3.63, 3.8) is 0 Å². The quantitative estimate of drug-likeness (QED) is 0.433. The number of benzene rings is 2. The predicted molar refractivity (Wildman–Crippen MR) is 117 cm³/mol.